The molecule has 0 unspecified atom stereocenters. The van der Waals surface area contributed by atoms with E-state index in [9.17, 15) is 13.2 Å². The number of piperidine rings is 1. The number of sulfonamides is 1. The topological polar surface area (TPSA) is 88.6 Å². The van der Waals surface area contributed by atoms with Gasteiger partial charge in [-0.05, 0) is 37.3 Å². The van der Waals surface area contributed by atoms with E-state index >= 15 is 0 Å². The number of nitrogens with zero attached hydrogens (tertiary/aromatic N) is 2. The molecular weight excluding hydrogens is 390 g/mol. The van der Waals surface area contributed by atoms with E-state index in [1.165, 1.54) is 6.20 Å². The molecule has 2 aromatic rings. The first-order chi connectivity index (χ1) is 13.8. The van der Waals surface area contributed by atoms with Crippen molar-refractivity contribution < 1.29 is 17.9 Å². The Balaban J connectivity index is 1.58. The number of ether oxygens (including phenoxy) is 1. The second kappa shape index (κ2) is 9.37. The second-order valence-corrected chi connectivity index (χ2v) is 9.27. The van der Waals surface area contributed by atoms with Crippen LogP contribution < -0.4 is 9.46 Å². The Bertz CT molecular complexity index is 917. The van der Waals surface area contributed by atoms with Crippen molar-refractivity contribution in [2.24, 2.45) is 5.92 Å². The zero-order valence-electron chi connectivity index (χ0n) is 16.7. The maximum absolute atomic E-state index is 12.8. The van der Waals surface area contributed by atoms with Gasteiger partial charge < -0.3 is 9.64 Å². The molecule has 2 heterocycles. The number of aromatic nitrogens is 1. The lowest BCUT2D eigenvalue weighted by atomic mass is 9.98. The number of likely N-dealkylation sites (tertiary alicyclic amines) is 1. The average molecular weight is 418 g/mol. The number of nitrogens with one attached hydrogen (secondary N) is 1. The summed E-state index contributed by atoms with van der Waals surface area (Å²) < 4.78 is 31.0. The van der Waals surface area contributed by atoms with Gasteiger partial charge in [0, 0.05) is 31.9 Å². The van der Waals surface area contributed by atoms with Crippen molar-refractivity contribution in [1.29, 1.82) is 0 Å². The Hall–Kier alpha value is -2.45. The van der Waals surface area contributed by atoms with Crippen LogP contribution in [0.15, 0.2) is 48.7 Å². The first kappa shape index (κ1) is 21.3. The van der Waals surface area contributed by atoms with Gasteiger partial charge in [0.05, 0.1) is 11.8 Å². The minimum atomic E-state index is -3.23. The third kappa shape index (κ3) is 6.27. The summed E-state index contributed by atoms with van der Waals surface area (Å²) in [4.78, 5) is 18.9. The molecule has 29 heavy (non-hydrogen) atoms. The number of carbonyl (C=O) groups is 1. The van der Waals surface area contributed by atoms with Crippen molar-refractivity contribution in [2.75, 3.05) is 25.9 Å². The van der Waals surface area contributed by atoms with E-state index in [0.717, 1.165) is 24.7 Å². The highest BCUT2D eigenvalue weighted by molar-refractivity contribution is 7.88. The number of carbonyl (C=O) groups excluding carboxylic acids is 1. The number of hydrogen-bond acceptors (Lipinski definition) is 5. The zero-order chi connectivity index (χ0) is 20.9. The van der Waals surface area contributed by atoms with Crippen molar-refractivity contribution in [3.63, 3.8) is 0 Å². The number of amides is 1. The molecule has 1 aromatic heterocycles. The summed E-state index contributed by atoms with van der Waals surface area (Å²) in [6.07, 6.45) is 4.29. The first-order valence-corrected chi connectivity index (χ1v) is 11.6. The van der Waals surface area contributed by atoms with E-state index in [-0.39, 0.29) is 17.9 Å². The fourth-order valence-corrected chi connectivity index (χ4v) is 3.96. The fraction of sp³-hybridized carbons (Fsp3) is 0.429. The van der Waals surface area contributed by atoms with Gasteiger partial charge in [-0.15, -0.1) is 0 Å². The monoisotopic (exact) mass is 417 g/mol. The smallest absolute Gasteiger partial charge is 0.255 e. The van der Waals surface area contributed by atoms with Gasteiger partial charge in [0.2, 0.25) is 15.9 Å². The third-order valence-corrected chi connectivity index (χ3v) is 5.68. The van der Waals surface area contributed by atoms with Crippen molar-refractivity contribution >= 4 is 15.9 Å². The number of benzene rings is 1. The van der Waals surface area contributed by atoms with Gasteiger partial charge in [-0.3, -0.25) is 4.79 Å². The van der Waals surface area contributed by atoms with Crippen molar-refractivity contribution in [1.82, 2.24) is 14.6 Å². The molecule has 1 aromatic carbocycles. The Labute approximate surface area is 172 Å². The molecule has 1 saturated heterocycles. The van der Waals surface area contributed by atoms with Gasteiger partial charge >= 0.3 is 0 Å². The molecule has 0 spiro atoms. The van der Waals surface area contributed by atoms with E-state index in [4.69, 9.17) is 4.74 Å². The maximum atomic E-state index is 12.8. The largest absolute Gasteiger partial charge is 0.470 e. The molecule has 1 aliphatic heterocycles. The molecule has 1 amide bonds. The fourth-order valence-electron chi connectivity index (χ4n) is 3.42. The van der Waals surface area contributed by atoms with Gasteiger partial charge in [-0.1, -0.05) is 30.3 Å². The molecule has 7 nitrogen and oxygen atoms in total. The summed E-state index contributed by atoms with van der Waals surface area (Å²) in [5.41, 5.74) is 1.55. The van der Waals surface area contributed by atoms with E-state index in [1.54, 1.807) is 17.0 Å². The minimum Gasteiger partial charge on any atom is -0.470 e. The molecule has 156 valence electrons. The summed E-state index contributed by atoms with van der Waals surface area (Å²) in [6, 6.07) is 13.3. The summed E-state index contributed by atoms with van der Waals surface area (Å²) in [5.74, 6) is 0.487. The molecule has 3 rings (SSSR count). The summed E-state index contributed by atoms with van der Waals surface area (Å²) in [5, 5.41) is 0. The SMILES string of the molecule is C[C@H](Oc1ccc(C(=O)N2CCC[C@@H](CNS(C)(=O)=O)C2)cn1)c1ccccc1. The van der Waals surface area contributed by atoms with Crippen LogP contribution in [0.4, 0.5) is 0 Å². The number of rotatable bonds is 7. The van der Waals surface area contributed by atoms with Gasteiger partial charge in [0.25, 0.3) is 5.91 Å². The van der Waals surface area contributed by atoms with Crippen LogP contribution in [0, 0.1) is 5.92 Å². The normalized spacial score (nSPS) is 18.3. The molecular formula is C21H27N3O4S. The van der Waals surface area contributed by atoms with Crippen LogP contribution in [0.5, 0.6) is 5.88 Å². The maximum Gasteiger partial charge on any atom is 0.255 e. The Kier molecular flexibility index (Phi) is 6.87. The highest BCUT2D eigenvalue weighted by Crippen LogP contribution is 2.21. The lowest BCUT2D eigenvalue weighted by Gasteiger charge is -2.32. The quantitative estimate of drug-likeness (QED) is 0.748. The molecule has 0 saturated carbocycles. The van der Waals surface area contributed by atoms with Crippen LogP contribution in [-0.4, -0.2) is 50.1 Å². The van der Waals surface area contributed by atoms with Crippen LogP contribution in [0.3, 0.4) is 0 Å². The third-order valence-electron chi connectivity index (χ3n) is 4.99. The highest BCUT2D eigenvalue weighted by Gasteiger charge is 2.25. The predicted molar refractivity (Wildman–Crippen MR) is 111 cm³/mol. The molecule has 0 aliphatic carbocycles. The first-order valence-electron chi connectivity index (χ1n) is 9.73. The Morgan fingerprint density at radius 2 is 2.03 bits per heavy atom. The van der Waals surface area contributed by atoms with E-state index in [0.29, 0.717) is 31.1 Å². The lowest BCUT2D eigenvalue weighted by Crippen LogP contribution is -2.43. The molecule has 2 atom stereocenters. The molecule has 8 heteroatoms. The summed E-state index contributed by atoms with van der Waals surface area (Å²) in [6.45, 7) is 3.50. The minimum absolute atomic E-state index is 0.0933. The van der Waals surface area contributed by atoms with Crippen molar-refractivity contribution in [3.8, 4) is 5.88 Å². The molecule has 1 N–H and O–H groups in total. The molecule has 0 radical (unpaired) electrons. The molecule has 1 fully saturated rings. The van der Waals surface area contributed by atoms with Crippen molar-refractivity contribution in [3.05, 3.63) is 59.8 Å². The van der Waals surface area contributed by atoms with Gasteiger partial charge in [-0.25, -0.2) is 18.1 Å². The molecule has 0 bridgehead atoms. The lowest BCUT2D eigenvalue weighted by molar-refractivity contribution is 0.0676. The second-order valence-electron chi connectivity index (χ2n) is 7.44. The number of pyridine rings is 1. The highest BCUT2D eigenvalue weighted by atomic mass is 32.2. The number of hydrogen-bond donors (Lipinski definition) is 1. The van der Waals surface area contributed by atoms with Crippen LogP contribution in [-0.2, 0) is 10.0 Å². The summed E-state index contributed by atoms with van der Waals surface area (Å²) in [7, 11) is -3.23. The van der Waals surface area contributed by atoms with Gasteiger partial charge in [-0.2, -0.15) is 0 Å². The zero-order valence-corrected chi connectivity index (χ0v) is 17.6. The average Bonchev–Trinajstić information content (AvgIpc) is 2.72. The Morgan fingerprint density at radius 3 is 2.69 bits per heavy atom. The predicted octanol–water partition coefficient (Wildman–Crippen LogP) is 2.62. The van der Waals surface area contributed by atoms with Crippen molar-refractivity contribution in [2.45, 2.75) is 25.9 Å². The van der Waals surface area contributed by atoms with E-state index in [1.807, 2.05) is 37.3 Å². The Morgan fingerprint density at radius 1 is 1.28 bits per heavy atom. The van der Waals surface area contributed by atoms with Crippen LogP contribution >= 0.6 is 0 Å². The standard InChI is InChI=1S/C21H27N3O4S/c1-16(18-8-4-3-5-9-18)28-20-11-10-19(14-22-20)21(25)24-12-6-7-17(15-24)13-23-29(2,26)27/h3-5,8-11,14,16-17,23H,6-7,12-13,15H2,1-2H3/t16-,17-/m0/s1. The van der Waals surface area contributed by atoms with Crippen LogP contribution in [0.1, 0.15) is 41.8 Å². The van der Waals surface area contributed by atoms with Gasteiger partial charge in [0.1, 0.15) is 6.10 Å². The van der Waals surface area contributed by atoms with E-state index in [2.05, 4.69) is 9.71 Å². The van der Waals surface area contributed by atoms with E-state index < -0.39 is 10.0 Å². The van der Waals surface area contributed by atoms with Crippen LogP contribution in [0.25, 0.3) is 0 Å². The van der Waals surface area contributed by atoms with Gasteiger partial charge in [0.15, 0.2) is 0 Å². The summed E-state index contributed by atoms with van der Waals surface area (Å²) >= 11 is 0. The van der Waals surface area contributed by atoms with Crippen LogP contribution in [0.2, 0.25) is 0 Å². The molecule has 1 aliphatic rings.